The van der Waals surface area contributed by atoms with Crippen molar-refractivity contribution in [1.29, 1.82) is 5.26 Å². The summed E-state index contributed by atoms with van der Waals surface area (Å²) < 4.78 is 27.7. The van der Waals surface area contributed by atoms with Gasteiger partial charge in [-0.1, -0.05) is 0 Å². The van der Waals surface area contributed by atoms with Gasteiger partial charge in [0.25, 0.3) is 0 Å². The highest BCUT2D eigenvalue weighted by Gasteiger charge is 2.11. The van der Waals surface area contributed by atoms with E-state index in [0.717, 1.165) is 6.08 Å². The van der Waals surface area contributed by atoms with Crippen molar-refractivity contribution in [2.75, 3.05) is 0 Å². The first kappa shape index (κ1) is 15.5. The van der Waals surface area contributed by atoms with Crippen LogP contribution in [-0.4, -0.2) is 19.5 Å². The maximum atomic E-state index is 11.2. The molecule has 0 bridgehead atoms. The number of carbonyl (C=O) groups is 1. The Morgan fingerprint density at radius 3 is 2.36 bits per heavy atom. The summed E-state index contributed by atoms with van der Waals surface area (Å²) in [4.78, 5) is 10.7. The second-order valence-electron chi connectivity index (χ2n) is 4.25. The van der Waals surface area contributed by atoms with Gasteiger partial charge in [-0.2, -0.15) is 5.26 Å². The SMILES string of the molecule is N#C/C(=C/c1ccc(-c2ccc(S(N)(=O)=O)cc2)o1)C(=O)O. The Morgan fingerprint density at radius 1 is 1.23 bits per heavy atom. The molecule has 3 N–H and O–H groups in total. The van der Waals surface area contributed by atoms with Crippen molar-refractivity contribution in [3.63, 3.8) is 0 Å². The van der Waals surface area contributed by atoms with Gasteiger partial charge in [0.05, 0.1) is 4.90 Å². The van der Waals surface area contributed by atoms with Crippen LogP contribution >= 0.6 is 0 Å². The predicted octanol–water partition coefficient (Wildman–Crippen LogP) is 1.59. The number of nitrogens with two attached hydrogens (primary N) is 1. The van der Waals surface area contributed by atoms with Gasteiger partial charge in [-0.3, -0.25) is 0 Å². The summed E-state index contributed by atoms with van der Waals surface area (Å²) in [6.45, 7) is 0. The number of hydrogen-bond acceptors (Lipinski definition) is 5. The van der Waals surface area contributed by atoms with Crippen LogP contribution in [0.15, 0.2) is 51.3 Å². The van der Waals surface area contributed by atoms with E-state index in [9.17, 15) is 13.2 Å². The van der Waals surface area contributed by atoms with Crippen molar-refractivity contribution in [2.24, 2.45) is 5.14 Å². The molecule has 2 rings (SSSR count). The van der Waals surface area contributed by atoms with Crippen LogP contribution in [0, 0.1) is 11.3 Å². The number of rotatable bonds is 4. The smallest absolute Gasteiger partial charge is 0.346 e. The number of sulfonamides is 1. The Labute approximate surface area is 126 Å². The van der Waals surface area contributed by atoms with E-state index in [0.29, 0.717) is 11.3 Å². The number of primary sulfonamides is 1. The van der Waals surface area contributed by atoms with E-state index in [4.69, 9.17) is 19.9 Å². The number of nitrogens with zero attached hydrogens (tertiary/aromatic N) is 1. The summed E-state index contributed by atoms with van der Waals surface area (Å²) in [7, 11) is -3.77. The van der Waals surface area contributed by atoms with Crippen LogP contribution in [0.25, 0.3) is 17.4 Å². The Balaban J connectivity index is 2.33. The number of nitriles is 1. The molecule has 0 unspecified atom stereocenters. The molecule has 1 aromatic heterocycles. The molecule has 0 aliphatic carbocycles. The summed E-state index contributed by atoms with van der Waals surface area (Å²) in [5, 5.41) is 22.4. The Morgan fingerprint density at radius 2 is 1.86 bits per heavy atom. The fourth-order valence-electron chi connectivity index (χ4n) is 1.68. The molecule has 2 aromatic rings. The Kier molecular flexibility index (Phi) is 4.12. The molecule has 112 valence electrons. The second-order valence-corrected chi connectivity index (χ2v) is 5.81. The summed E-state index contributed by atoms with van der Waals surface area (Å²) in [5.74, 6) is -0.752. The van der Waals surface area contributed by atoms with E-state index in [1.807, 2.05) is 0 Å². The molecule has 0 radical (unpaired) electrons. The highest BCUT2D eigenvalue weighted by atomic mass is 32.2. The van der Waals surface area contributed by atoms with Crippen LogP contribution in [0.5, 0.6) is 0 Å². The van der Waals surface area contributed by atoms with Crippen molar-refractivity contribution in [2.45, 2.75) is 4.90 Å². The first-order valence-electron chi connectivity index (χ1n) is 5.89. The monoisotopic (exact) mass is 318 g/mol. The molecule has 0 spiro atoms. The number of benzene rings is 1. The van der Waals surface area contributed by atoms with E-state index in [-0.39, 0.29) is 10.7 Å². The van der Waals surface area contributed by atoms with Crippen LogP contribution in [-0.2, 0) is 14.8 Å². The molecular formula is C14H10N2O5S. The molecule has 7 nitrogen and oxygen atoms in total. The average Bonchev–Trinajstić information content (AvgIpc) is 2.92. The zero-order valence-electron chi connectivity index (χ0n) is 11.1. The topological polar surface area (TPSA) is 134 Å². The normalized spacial score (nSPS) is 11.9. The van der Waals surface area contributed by atoms with E-state index in [2.05, 4.69) is 0 Å². The second kappa shape index (κ2) is 5.85. The molecule has 8 heteroatoms. The molecular weight excluding hydrogens is 308 g/mol. The van der Waals surface area contributed by atoms with Crippen LogP contribution in [0.4, 0.5) is 0 Å². The molecule has 0 saturated carbocycles. The summed E-state index contributed by atoms with van der Waals surface area (Å²) >= 11 is 0. The van der Waals surface area contributed by atoms with Gasteiger partial charge in [-0.05, 0) is 36.4 Å². The van der Waals surface area contributed by atoms with Crippen LogP contribution < -0.4 is 5.14 Å². The molecule has 1 heterocycles. The van der Waals surface area contributed by atoms with Crippen molar-refractivity contribution < 1.29 is 22.7 Å². The van der Waals surface area contributed by atoms with Gasteiger partial charge in [0.1, 0.15) is 23.2 Å². The standard InChI is InChI=1S/C14H10N2O5S/c15-8-10(14(17)18)7-11-3-6-13(21-11)9-1-4-12(5-2-9)22(16,19)20/h1-7H,(H,17,18)(H2,16,19,20)/b10-7-. The largest absolute Gasteiger partial charge is 0.477 e. The minimum absolute atomic E-state index is 0.0273. The van der Waals surface area contributed by atoms with Crippen molar-refractivity contribution in [3.8, 4) is 17.4 Å². The molecule has 0 amide bonds. The van der Waals surface area contributed by atoms with Crippen molar-refractivity contribution in [3.05, 3.63) is 47.7 Å². The maximum absolute atomic E-state index is 11.2. The summed E-state index contributed by atoms with van der Waals surface area (Å²) in [5.41, 5.74) is 0.131. The van der Waals surface area contributed by atoms with Gasteiger partial charge >= 0.3 is 5.97 Å². The molecule has 1 aromatic carbocycles. The lowest BCUT2D eigenvalue weighted by Gasteiger charge is -2.00. The molecule has 0 fully saturated rings. The lowest BCUT2D eigenvalue weighted by atomic mass is 10.2. The average molecular weight is 318 g/mol. The van der Waals surface area contributed by atoms with E-state index < -0.39 is 21.6 Å². The van der Waals surface area contributed by atoms with Crippen LogP contribution in [0.2, 0.25) is 0 Å². The van der Waals surface area contributed by atoms with Crippen molar-refractivity contribution in [1.82, 2.24) is 0 Å². The highest BCUT2D eigenvalue weighted by molar-refractivity contribution is 7.89. The molecule has 0 saturated heterocycles. The van der Waals surface area contributed by atoms with Gasteiger partial charge in [0.2, 0.25) is 10.0 Å². The third-order valence-electron chi connectivity index (χ3n) is 2.73. The number of carboxylic acids is 1. The summed E-state index contributed by atoms with van der Waals surface area (Å²) in [6, 6.07) is 10.3. The molecule has 0 atom stereocenters. The lowest BCUT2D eigenvalue weighted by Crippen LogP contribution is -2.11. The minimum Gasteiger partial charge on any atom is -0.477 e. The fraction of sp³-hybridized carbons (Fsp3) is 0. The number of hydrogen-bond donors (Lipinski definition) is 2. The minimum atomic E-state index is -3.77. The third-order valence-corrected chi connectivity index (χ3v) is 3.66. The highest BCUT2D eigenvalue weighted by Crippen LogP contribution is 2.24. The van der Waals surface area contributed by atoms with Gasteiger partial charge in [0.15, 0.2) is 0 Å². The third kappa shape index (κ3) is 3.41. The van der Waals surface area contributed by atoms with Gasteiger partial charge in [0, 0.05) is 11.6 Å². The number of furan rings is 1. The van der Waals surface area contributed by atoms with Gasteiger partial charge < -0.3 is 9.52 Å². The lowest BCUT2D eigenvalue weighted by molar-refractivity contribution is -0.132. The molecule has 0 aliphatic heterocycles. The maximum Gasteiger partial charge on any atom is 0.346 e. The van der Waals surface area contributed by atoms with Crippen LogP contribution in [0.1, 0.15) is 5.76 Å². The molecule has 22 heavy (non-hydrogen) atoms. The number of aliphatic carboxylic acids is 1. The van der Waals surface area contributed by atoms with E-state index in [1.54, 1.807) is 12.1 Å². The Bertz CT molecular complexity index is 886. The van der Waals surface area contributed by atoms with Crippen molar-refractivity contribution >= 4 is 22.1 Å². The first-order valence-corrected chi connectivity index (χ1v) is 7.44. The van der Waals surface area contributed by atoms with Gasteiger partial charge in [-0.15, -0.1) is 0 Å². The summed E-state index contributed by atoms with van der Waals surface area (Å²) in [6.07, 6.45) is 1.10. The van der Waals surface area contributed by atoms with E-state index >= 15 is 0 Å². The predicted molar refractivity (Wildman–Crippen MR) is 76.7 cm³/mol. The zero-order valence-corrected chi connectivity index (χ0v) is 11.9. The Hall–Kier alpha value is -2.89. The van der Waals surface area contributed by atoms with E-state index in [1.165, 1.54) is 30.3 Å². The molecule has 0 aliphatic rings. The number of carboxylic acid groups (broad SMARTS) is 1. The zero-order chi connectivity index (χ0) is 16.3. The fourth-order valence-corrected chi connectivity index (χ4v) is 2.19. The van der Waals surface area contributed by atoms with Gasteiger partial charge in [-0.25, -0.2) is 18.4 Å². The quantitative estimate of drug-likeness (QED) is 0.649. The van der Waals surface area contributed by atoms with Crippen LogP contribution in [0.3, 0.4) is 0 Å². The first-order chi connectivity index (χ1) is 10.3.